The van der Waals surface area contributed by atoms with Crippen molar-refractivity contribution in [3.8, 4) is 5.75 Å². The van der Waals surface area contributed by atoms with E-state index in [1.165, 1.54) is 5.56 Å². The molecule has 1 aromatic rings. The van der Waals surface area contributed by atoms with E-state index in [1.807, 2.05) is 31.0 Å². The van der Waals surface area contributed by atoms with Gasteiger partial charge >= 0.3 is 0 Å². The molecule has 0 spiro atoms. The van der Waals surface area contributed by atoms with Gasteiger partial charge in [-0.15, -0.1) is 24.0 Å². The topological polar surface area (TPSA) is 60.4 Å². The number of likely N-dealkylation sites (tertiary alicyclic amines) is 1. The average molecular weight is 529 g/mol. The second-order valence-corrected chi connectivity index (χ2v) is 7.87. The molecule has 30 heavy (non-hydrogen) atoms. The number of amides is 1. The molecule has 2 aliphatic heterocycles. The van der Waals surface area contributed by atoms with Gasteiger partial charge in [0.05, 0.1) is 12.6 Å². The smallest absolute Gasteiger partial charge is 0.239 e. The lowest BCUT2D eigenvalue weighted by Gasteiger charge is -2.39. The number of aryl methyl sites for hydroxylation is 1. The Bertz CT molecular complexity index is 683. The van der Waals surface area contributed by atoms with E-state index in [1.54, 1.807) is 0 Å². The summed E-state index contributed by atoms with van der Waals surface area (Å²) in [5.74, 6) is 2.07. The van der Waals surface area contributed by atoms with Gasteiger partial charge in [0.15, 0.2) is 5.96 Å². The van der Waals surface area contributed by atoms with Gasteiger partial charge < -0.3 is 19.9 Å². The lowest BCUT2D eigenvalue weighted by Crippen LogP contribution is -2.57. The molecule has 0 radical (unpaired) electrons. The first-order valence-corrected chi connectivity index (χ1v) is 10.8. The Hall–Kier alpha value is -1.55. The highest BCUT2D eigenvalue weighted by Crippen LogP contribution is 2.14. The predicted octanol–water partition coefficient (Wildman–Crippen LogP) is 2.20. The van der Waals surface area contributed by atoms with Crippen LogP contribution in [0.4, 0.5) is 0 Å². The maximum absolute atomic E-state index is 12.6. The van der Waals surface area contributed by atoms with Gasteiger partial charge in [0.25, 0.3) is 0 Å². The molecular formula is C22H36IN5O2. The number of hydrogen-bond acceptors (Lipinski definition) is 4. The minimum absolute atomic E-state index is 0. The van der Waals surface area contributed by atoms with E-state index in [0.29, 0.717) is 13.2 Å². The molecule has 2 saturated heterocycles. The van der Waals surface area contributed by atoms with Gasteiger partial charge in [-0.25, -0.2) is 0 Å². The van der Waals surface area contributed by atoms with Crippen molar-refractivity contribution < 1.29 is 9.53 Å². The Labute approximate surface area is 197 Å². The van der Waals surface area contributed by atoms with E-state index < -0.39 is 0 Å². The fourth-order valence-electron chi connectivity index (χ4n) is 3.98. The summed E-state index contributed by atoms with van der Waals surface area (Å²) in [5, 5.41) is 3.39. The first-order valence-electron chi connectivity index (χ1n) is 10.8. The van der Waals surface area contributed by atoms with Crippen molar-refractivity contribution in [1.82, 2.24) is 20.0 Å². The Balaban J connectivity index is 0.00000320. The summed E-state index contributed by atoms with van der Waals surface area (Å²) >= 11 is 0. The molecule has 0 saturated carbocycles. The van der Waals surface area contributed by atoms with Gasteiger partial charge in [-0.3, -0.25) is 14.7 Å². The number of halogens is 1. The third kappa shape index (κ3) is 6.73. The molecule has 1 aromatic carbocycles. The summed E-state index contributed by atoms with van der Waals surface area (Å²) in [6, 6.07) is 8.06. The van der Waals surface area contributed by atoms with Gasteiger partial charge in [0, 0.05) is 46.3 Å². The van der Waals surface area contributed by atoms with Crippen LogP contribution in [-0.2, 0) is 4.79 Å². The summed E-state index contributed by atoms with van der Waals surface area (Å²) in [6.45, 7) is 10.7. The zero-order valence-corrected chi connectivity index (χ0v) is 20.8. The summed E-state index contributed by atoms with van der Waals surface area (Å²) in [4.78, 5) is 23.6. The largest absolute Gasteiger partial charge is 0.492 e. The van der Waals surface area contributed by atoms with Crippen LogP contribution in [0.2, 0.25) is 0 Å². The van der Waals surface area contributed by atoms with Crippen LogP contribution in [0.15, 0.2) is 29.3 Å². The van der Waals surface area contributed by atoms with E-state index in [4.69, 9.17) is 4.74 Å². The molecule has 0 aliphatic carbocycles. The van der Waals surface area contributed by atoms with Crippen LogP contribution in [0, 0.1) is 6.92 Å². The summed E-state index contributed by atoms with van der Waals surface area (Å²) in [6.07, 6.45) is 2.28. The molecule has 1 amide bonds. The van der Waals surface area contributed by atoms with E-state index in [0.717, 1.165) is 63.8 Å². The zero-order valence-electron chi connectivity index (χ0n) is 18.5. The second-order valence-electron chi connectivity index (χ2n) is 7.87. The molecular weight excluding hydrogens is 493 g/mol. The highest BCUT2D eigenvalue weighted by molar-refractivity contribution is 14.0. The van der Waals surface area contributed by atoms with Crippen LogP contribution in [0.3, 0.4) is 0 Å². The van der Waals surface area contributed by atoms with Crippen molar-refractivity contribution >= 4 is 35.8 Å². The second kappa shape index (κ2) is 12.3. The van der Waals surface area contributed by atoms with Crippen molar-refractivity contribution in [2.24, 2.45) is 4.99 Å². The Morgan fingerprint density at radius 1 is 1.07 bits per heavy atom. The van der Waals surface area contributed by atoms with Crippen LogP contribution in [-0.4, -0.2) is 92.1 Å². The van der Waals surface area contributed by atoms with Gasteiger partial charge in [-0.1, -0.05) is 17.7 Å². The Kier molecular flexibility index (Phi) is 10.2. The van der Waals surface area contributed by atoms with Crippen LogP contribution in [0.5, 0.6) is 5.75 Å². The monoisotopic (exact) mass is 529 g/mol. The number of benzene rings is 1. The number of carbonyl (C=O) groups excluding carboxylic acids is 1. The summed E-state index contributed by atoms with van der Waals surface area (Å²) < 4.78 is 5.78. The summed E-state index contributed by atoms with van der Waals surface area (Å²) in [7, 11) is 1.81. The van der Waals surface area contributed by atoms with Crippen LogP contribution in [0.25, 0.3) is 0 Å². The van der Waals surface area contributed by atoms with Crippen LogP contribution >= 0.6 is 24.0 Å². The number of guanidine groups is 1. The number of ether oxygens (including phenoxy) is 1. The molecule has 168 valence electrons. The van der Waals surface area contributed by atoms with Gasteiger partial charge in [0.1, 0.15) is 12.4 Å². The quantitative estimate of drug-likeness (QED) is 0.265. The SMILES string of the molecule is CN=C(NCCOc1ccc(C)cc1)N1CCN(C(C)C(=O)N2CCCC2)CC1.I. The number of nitrogens with one attached hydrogen (secondary N) is 1. The van der Waals surface area contributed by atoms with Gasteiger partial charge in [0.2, 0.25) is 5.91 Å². The van der Waals surface area contributed by atoms with E-state index in [2.05, 4.69) is 39.2 Å². The van der Waals surface area contributed by atoms with Crippen molar-refractivity contribution in [3.05, 3.63) is 29.8 Å². The standard InChI is InChI=1S/C22H35N5O2.HI/c1-18-6-8-20(9-7-18)29-17-10-24-22(23-3)27-15-13-25(14-16-27)19(2)21(28)26-11-4-5-12-26;/h6-9,19H,4-5,10-17H2,1-3H3,(H,23,24);1H. The van der Waals surface area contributed by atoms with Crippen LogP contribution in [0.1, 0.15) is 25.3 Å². The number of nitrogens with zero attached hydrogens (tertiary/aromatic N) is 4. The maximum Gasteiger partial charge on any atom is 0.239 e. The number of piperazine rings is 1. The van der Waals surface area contributed by atoms with E-state index in [-0.39, 0.29) is 35.9 Å². The molecule has 0 aromatic heterocycles. The molecule has 2 fully saturated rings. The third-order valence-electron chi connectivity index (χ3n) is 5.82. The first-order chi connectivity index (χ1) is 14.1. The molecule has 8 heteroatoms. The fraction of sp³-hybridized carbons (Fsp3) is 0.636. The summed E-state index contributed by atoms with van der Waals surface area (Å²) in [5.41, 5.74) is 1.23. The highest BCUT2D eigenvalue weighted by atomic mass is 127. The van der Waals surface area contributed by atoms with Crippen LogP contribution < -0.4 is 10.1 Å². The molecule has 1 unspecified atom stereocenters. The van der Waals surface area contributed by atoms with Crippen molar-refractivity contribution in [2.75, 3.05) is 59.5 Å². The normalized spacial score (nSPS) is 18.7. The molecule has 1 atom stereocenters. The number of carbonyl (C=O) groups is 1. The minimum Gasteiger partial charge on any atom is -0.492 e. The Morgan fingerprint density at radius 3 is 2.30 bits per heavy atom. The maximum atomic E-state index is 12.6. The van der Waals surface area contributed by atoms with Gasteiger partial charge in [-0.05, 0) is 38.8 Å². The Morgan fingerprint density at radius 2 is 1.70 bits per heavy atom. The molecule has 1 N–H and O–H groups in total. The molecule has 7 nitrogen and oxygen atoms in total. The highest BCUT2D eigenvalue weighted by Gasteiger charge is 2.30. The van der Waals surface area contributed by atoms with E-state index in [9.17, 15) is 4.79 Å². The van der Waals surface area contributed by atoms with Crippen molar-refractivity contribution in [3.63, 3.8) is 0 Å². The third-order valence-corrected chi connectivity index (χ3v) is 5.82. The lowest BCUT2D eigenvalue weighted by atomic mass is 10.2. The number of aliphatic imine (C=N–C) groups is 1. The first kappa shape index (κ1) is 24.7. The van der Waals surface area contributed by atoms with Crippen molar-refractivity contribution in [1.29, 1.82) is 0 Å². The predicted molar refractivity (Wildman–Crippen MR) is 132 cm³/mol. The number of rotatable bonds is 6. The average Bonchev–Trinajstić information content (AvgIpc) is 3.29. The zero-order chi connectivity index (χ0) is 20.6. The minimum atomic E-state index is -0.0341. The molecule has 2 aliphatic rings. The van der Waals surface area contributed by atoms with Gasteiger partial charge in [-0.2, -0.15) is 0 Å². The number of hydrogen-bond donors (Lipinski definition) is 1. The van der Waals surface area contributed by atoms with E-state index >= 15 is 0 Å². The molecule has 2 heterocycles. The lowest BCUT2D eigenvalue weighted by molar-refractivity contribution is -0.135. The molecule has 3 rings (SSSR count). The fourth-order valence-corrected chi connectivity index (χ4v) is 3.98. The molecule has 0 bridgehead atoms. The van der Waals surface area contributed by atoms with Crippen molar-refractivity contribution in [2.45, 2.75) is 32.7 Å².